The number of hydrogen-bond acceptors (Lipinski definition) is 5. The minimum Gasteiger partial charge on any atom is -0.286 e. The van der Waals surface area contributed by atoms with Crippen LogP contribution in [0.4, 0.5) is 0 Å². The number of rotatable bonds is 5. The Hall–Kier alpha value is -1.51. The Bertz CT molecular complexity index is 582. The van der Waals surface area contributed by atoms with E-state index in [0.717, 1.165) is 25.9 Å². The van der Waals surface area contributed by atoms with Crippen LogP contribution in [0.25, 0.3) is 0 Å². The summed E-state index contributed by atoms with van der Waals surface area (Å²) in [5, 5.41) is 1.84. The van der Waals surface area contributed by atoms with Crippen LogP contribution in [0.5, 0.6) is 0 Å². The Morgan fingerprint density at radius 3 is 2.75 bits per heavy atom. The molecule has 1 aromatic heterocycles. The molecular formula is C12H17N3O4S. The fourth-order valence-corrected chi connectivity index (χ4v) is 2.55. The highest BCUT2D eigenvalue weighted by Gasteiger charge is 2.18. The molecule has 1 aliphatic rings. The summed E-state index contributed by atoms with van der Waals surface area (Å²) < 4.78 is 30.3. The number of nitrogens with zero attached hydrogens (tertiary/aromatic N) is 2. The molecule has 0 spiro atoms. The average Bonchev–Trinajstić information content (AvgIpc) is 2.88. The van der Waals surface area contributed by atoms with Crippen molar-refractivity contribution in [2.45, 2.75) is 19.3 Å². The van der Waals surface area contributed by atoms with Crippen LogP contribution in [0.2, 0.25) is 0 Å². The maximum Gasteiger partial charge on any atom is 0.267 e. The van der Waals surface area contributed by atoms with Gasteiger partial charge in [0.2, 0.25) is 0 Å². The number of nitrogens with one attached hydrogen (secondary N) is 1. The molecule has 1 amide bonds. The van der Waals surface area contributed by atoms with E-state index in [2.05, 4.69) is 10.4 Å². The monoisotopic (exact) mass is 299 g/mol. The van der Waals surface area contributed by atoms with E-state index in [0.29, 0.717) is 11.3 Å². The second-order valence-electron chi connectivity index (χ2n) is 4.67. The second kappa shape index (κ2) is 6.29. The van der Waals surface area contributed by atoms with Gasteiger partial charge in [0.25, 0.3) is 16.0 Å². The van der Waals surface area contributed by atoms with Gasteiger partial charge < -0.3 is 0 Å². The summed E-state index contributed by atoms with van der Waals surface area (Å²) in [4.78, 5) is 16.2. The lowest BCUT2D eigenvalue weighted by molar-refractivity contribution is 0.0824. The van der Waals surface area contributed by atoms with Gasteiger partial charge in [-0.3, -0.25) is 19.8 Å². The summed E-state index contributed by atoms with van der Waals surface area (Å²) in [6.45, 7) is 1.62. The van der Waals surface area contributed by atoms with Gasteiger partial charge in [0.05, 0.1) is 17.0 Å². The first kappa shape index (κ1) is 14.9. The highest BCUT2D eigenvalue weighted by molar-refractivity contribution is 7.85. The standard InChI is InChI=1S/C12H17N3O4S/c16-12(14-15-7-1-2-8-15)10-4-3-6-13-11(10)5-9-20(17,18)19/h3-4,6H,1-2,5,7-9H2,(H,14,16)(H,17,18,19). The highest BCUT2D eigenvalue weighted by Crippen LogP contribution is 2.09. The summed E-state index contributed by atoms with van der Waals surface area (Å²) in [6.07, 6.45) is 3.58. The SMILES string of the molecule is O=C(NN1CCCC1)c1cccnc1CCS(=O)(=O)O. The second-order valence-corrected chi connectivity index (χ2v) is 6.24. The molecular weight excluding hydrogens is 282 g/mol. The molecule has 0 saturated carbocycles. The van der Waals surface area contributed by atoms with Crippen LogP contribution in [-0.4, -0.2) is 47.7 Å². The van der Waals surface area contributed by atoms with Gasteiger partial charge in [-0.05, 0) is 25.0 Å². The summed E-state index contributed by atoms with van der Waals surface area (Å²) in [5.74, 6) is -0.751. The third kappa shape index (κ3) is 4.26. The first-order chi connectivity index (χ1) is 9.46. The van der Waals surface area contributed by atoms with E-state index in [9.17, 15) is 13.2 Å². The molecule has 20 heavy (non-hydrogen) atoms. The molecule has 0 aromatic carbocycles. The molecule has 2 heterocycles. The lowest BCUT2D eigenvalue weighted by atomic mass is 10.1. The van der Waals surface area contributed by atoms with Crippen molar-refractivity contribution in [3.63, 3.8) is 0 Å². The number of hydrogen-bond donors (Lipinski definition) is 2. The van der Waals surface area contributed by atoms with E-state index >= 15 is 0 Å². The van der Waals surface area contributed by atoms with E-state index in [1.807, 2.05) is 5.01 Å². The Labute approximate surface area is 117 Å². The maximum absolute atomic E-state index is 12.1. The van der Waals surface area contributed by atoms with Crippen molar-refractivity contribution in [1.29, 1.82) is 0 Å². The van der Waals surface area contributed by atoms with Gasteiger partial charge in [0, 0.05) is 25.7 Å². The number of hydrazine groups is 1. The van der Waals surface area contributed by atoms with Crippen LogP contribution in [0, 0.1) is 0 Å². The quantitative estimate of drug-likeness (QED) is 0.756. The van der Waals surface area contributed by atoms with Gasteiger partial charge in [-0.1, -0.05) is 0 Å². The third-order valence-corrected chi connectivity index (χ3v) is 3.82. The number of carbonyl (C=O) groups is 1. The largest absolute Gasteiger partial charge is 0.286 e. The summed E-state index contributed by atoms with van der Waals surface area (Å²) in [6, 6.07) is 3.22. The Morgan fingerprint density at radius 2 is 2.10 bits per heavy atom. The van der Waals surface area contributed by atoms with E-state index < -0.39 is 15.9 Å². The Kier molecular flexibility index (Phi) is 4.69. The zero-order valence-corrected chi connectivity index (χ0v) is 11.8. The topological polar surface area (TPSA) is 99.6 Å². The maximum atomic E-state index is 12.1. The Morgan fingerprint density at radius 1 is 1.40 bits per heavy atom. The van der Waals surface area contributed by atoms with Gasteiger partial charge in [0.1, 0.15) is 0 Å². The molecule has 0 aliphatic carbocycles. The molecule has 1 fully saturated rings. The van der Waals surface area contributed by atoms with Crippen molar-refractivity contribution in [2.24, 2.45) is 0 Å². The van der Waals surface area contributed by atoms with Crippen LogP contribution < -0.4 is 5.43 Å². The predicted molar refractivity (Wildman–Crippen MR) is 72.6 cm³/mol. The van der Waals surface area contributed by atoms with Crippen molar-refractivity contribution >= 4 is 16.0 Å². The van der Waals surface area contributed by atoms with Crippen molar-refractivity contribution in [1.82, 2.24) is 15.4 Å². The molecule has 1 aromatic rings. The molecule has 1 aliphatic heterocycles. The number of carbonyl (C=O) groups excluding carboxylic acids is 1. The van der Waals surface area contributed by atoms with Gasteiger partial charge in [-0.2, -0.15) is 8.42 Å². The smallest absolute Gasteiger partial charge is 0.267 e. The van der Waals surface area contributed by atoms with Gasteiger partial charge in [0.15, 0.2) is 0 Å². The molecule has 0 radical (unpaired) electrons. The fourth-order valence-electron chi connectivity index (χ4n) is 2.10. The number of amides is 1. The molecule has 0 unspecified atom stereocenters. The molecule has 1 saturated heterocycles. The summed E-state index contributed by atoms with van der Waals surface area (Å²) in [5.41, 5.74) is 3.47. The van der Waals surface area contributed by atoms with Crippen LogP contribution in [0.1, 0.15) is 28.9 Å². The zero-order valence-electron chi connectivity index (χ0n) is 10.9. The van der Waals surface area contributed by atoms with Crippen molar-refractivity contribution in [2.75, 3.05) is 18.8 Å². The van der Waals surface area contributed by atoms with Crippen LogP contribution in [-0.2, 0) is 16.5 Å². The highest BCUT2D eigenvalue weighted by atomic mass is 32.2. The number of aromatic nitrogens is 1. The van der Waals surface area contributed by atoms with Gasteiger partial charge >= 0.3 is 0 Å². The van der Waals surface area contributed by atoms with Gasteiger partial charge in [-0.25, -0.2) is 5.01 Å². The van der Waals surface area contributed by atoms with Gasteiger partial charge in [-0.15, -0.1) is 0 Å². The fraction of sp³-hybridized carbons (Fsp3) is 0.500. The van der Waals surface area contributed by atoms with E-state index in [4.69, 9.17) is 4.55 Å². The van der Waals surface area contributed by atoms with Crippen molar-refractivity contribution < 1.29 is 17.8 Å². The van der Waals surface area contributed by atoms with Crippen LogP contribution in [0.15, 0.2) is 18.3 Å². The molecule has 110 valence electrons. The lowest BCUT2D eigenvalue weighted by Gasteiger charge is -2.17. The van der Waals surface area contributed by atoms with Crippen LogP contribution in [0.3, 0.4) is 0 Å². The van der Waals surface area contributed by atoms with E-state index in [1.165, 1.54) is 6.20 Å². The normalized spacial score (nSPS) is 16.2. The number of aryl methyl sites for hydroxylation is 1. The lowest BCUT2D eigenvalue weighted by Crippen LogP contribution is -2.40. The molecule has 2 N–H and O–H groups in total. The molecule has 7 nitrogen and oxygen atoms in total. The zero-order chi connectivity index (χ0) is 14.6. The first-order valence-electron chi connectivity index (χ1n) is 6.41. The van der Waals surface area contributed by atoms with Crippen molar-refractivity contribution in [3.05, 3.63) is 29.6 Å². The first-order valence-corrected chi connectivity index (χ1v) is 8.01. The summed E-state index contributed by atoms with van der Waals surface area (Å²) >= 11 is 0. The summed E-state index contributed by atoms with van der Waals surface area (Å²) in [7, 11) is -4.07. The number of pyridine rings is 1. The van der Waals surface area contributed by atoms with E-state index in [-0.39, 0.29) is 12.3 Å². The minimum absolute atomic E-state index is 0.00241. The minimum atomic E-state index is -4.07. The Balaban J connectivity index is 2.08. The van der Waals surface area contributed by atoms with E-state index in [1.54, 1.807) is 12.1 Å². The molecule has 2 rings (SSSR count). The molecule has 0 bridgehead atoms. The van der Waals surface area contributed by atoms with Crippen molar-refractivity contribution in [3.8, 4) is 0 Å². The molecule has 8 heteroatoms. The predicted octanol–water partition coefficient (Wildman–Crippen LogP) is 0.253. The third-order valence-electron chi connectivity index (χ3n) is 3.10. The van der Waals surface area contributed by atoms with Crippen LogP contribution >= 0.6 is 0 Å². The molecule has 0 atom stereocenters. The average molecular weight is 299 g/mol.